The van der Waals surface area contributed by atoms with Crippen LogP contribution in [0.3, 0.4) is 0 Å². The molecule has 0 aliphatic heterocycles. The number of aromatic nitrogens is 2. The van der Waals surface area contributed by atoms with Gasteiger partial charge in [0.25, 0.3) is 0 Å². The Morgan fingerprint density at radius 3 is 2.47 bits per heavy atom. The quantitative estimate of drug-likeness (QED) is 0.868. The van der Waals surface area contributed by atoms with Crippen LogP contribution in [0.5, 0.6) is 11.8 Å². The first-order valence-electron chi connectivity index (χ1n) is 5.27. The highest BCUT2D eigenvalue weighted by molar-refractivity contribution is 6.43. The van der Waals surface area contributed by atoms with E-state index < -0.39 is 0 Å². The zero-order valence-corrected chi connectivity index (χ0v) is 12.1. The lowest BCUT2D eigenvalue weighted by molar-refractivity contribution is 0.279. The third-order valence-corrected chi connectivity index (χ3v) is 3.42. The van der Waals surface area contributed by atoms with Crippen LogP contribution >= 0.6 is 34.8 Å². The first-order valence-corrected chi connectivity index (χ1v) is 6.40. The van der Waals surface area contributed by atoms with E-state index in [2.05, 4.69) is 9.97 Å². The Morgan fingerprint density at radius 1 is 1.16 bits per heavy atom. The monoisotopic (exact) mass is 318 g/mol. The van der Waals surface area contributed by atoms with Crippen LogP contribution < -0.4 is 4.74 Å². The summed E-state index contributed by atoms with van der Waals surface area (Å²) in [6.07, 6.45) is 1.49. The van der Waals surface area contributed by atoms with E-state index in [0.717, 1.165) is 0 Å². The molecule has 1 N–H and O–H groups in total. The highest BCUT2D eigenvalue weighted by Gasteiger charge is 2.10. The van der Waals surface area contributed by atoms with Crippen molar-refractivity contribution >= 4 is 34.8 Å². The number of benzene rings is 1. The molecule has 19 heavy (non-hydrogen) atoms. The van der Waals surface area contributed by atoms with Gasteiger partial charge in [0, 0.05) is 17.8 Å². The van der Waals surface area contributed by atoms with Crippen molar-refractivity contribution in [2.75, 3.05) is 0 Å². The van der Waals surface area contributed by atoms with Crippen LogP contribution in [0.2, 0.25) is 15.1 Å². The first kappa shape index (κ1) is 14.3. The van der Waals surface area contributed by atoms with Crippen LogP contribution in [0.1, 0.15) is 11.3 Å². The SMILES string of the molecule is Cc1nc(Oc2cc(Cl)c(Cl)cc2Cl)ncc1CO. The van der Waals surface area contributed by atoms with Crippen LogP contribution in [-0.2, 0) is 6.61 Å². The topological polar surface area (TPSA) is 55.2 Å². The number of hydrogen-bond donors (Lipinski definition) is 1. The molecule has 2 rings (SSSR count). The summed E-state index contributed by atoms with van der Waals surface area (Å²) >= 11 is 17.7. The maximum absolute atomic E-state index is 9.04. The fraction of sp³-hybridized carbons (Fsp3) is 0.167. The second-order valence-corrected chi connectivity index (χ2v) is 4.94. The van der Waals surface area contributed by atoms with Gasteiger partial charge in [-0.1, -0.05) is 34.8 Å². The van der Waals surface area contributed by atoms with Crippen molar-refractivity contribution in [2.45, 2.75) is 13.5 Å². The fourth-order valence-corrected chi connectivity index (χ4v) is 1.93. The summed E-state index contributed by atoms with van der Waals surface area (Å²) in [7, 11) is 0. The summed E-state index contributed by atoms with van der Waals surface area (Å²) in [5.74, 6) is 0.312. The Labute approximate surface area is 124 Å². The molecule has 100 valence electrons. The molecular weight excluding hydrogens is 311 g/mol. The molecule has 0 saturated carbocycles. The number of aryl methyl sites for hydroxylation is 1. The minimum absolute atomic E-state index is 0.120. The zero-order chi connectivity index (χ0) is 14.0. The third kappa shape index (κ3) is 3.28. The Bertz CT molecular complexity index is 620. The minimum Gasteiger partial charge on any atom is -0.423 e. The lowest BCUT2D eigenvalue weighted by Gasteiger charge is -2.08. The zero-order valence-electron chi connectivity index (χ0n) is 9.82. The molecule has 0 fully saturated rings. The van der Waals surface area contributed by atoms with Gasteiger partial charge in [-0.2, -0.15) is 4.98 Å². The average Bonchev–Trinajstić information content (AvgIpc) is 2.36. The predicted molar refractivity (Wildman–Crippen MR) is 74.2 cm³/mol. The summed E-state index contributed by atoms with van der Waals surface area (Å²) in [6, 6.07) is 3.09. The van der Waals surface area contributed by atoms with Crippen LogP contribution in [0.25, 0.3) is 0 Å². The van der Waals surface area contributed by atoms with Gasteiger partial charge in [-0.25, -0.2) is 4.98 Å². The van der Waals surface area contributed by atoms with Crippen molar-refractivity contribution in [3.63, 3.8) is 0 Å². The van der Waals surface area contributed by atoms with Crippen LogP contribution in [-0.4, -0.2) is 15.1 Å². The fourth-order valence-electron chi connectivity index (χ4n) is 1.36. The number of aliphatic hydroxyl groups excluding tert-OH is 1. The Kier molecular flexibility index (Phi) is 4.47. The second kappa shape index (κ2) is 5.92. The van der Waals surface area contributed by atoms with Crippen LogP contribution in [0.15, 0.2) is 18.3 Å². The smallest absolute Gasteiger partial charge is 0.322 e. The second-order valence-electron chi connectivity index (χ2n) is 3.72. The maximum atomic E-state index is 9.04. The third-order valence-electron chi connectivity index (χ3n) is 2.41. The van der Waals surface area contributed by atoms with Gasteiger partial charge in [0.05, 0.1) is 27.4 Å². The summed E-state index contributed by atoms with van der Waals surface area (Å²) in [6.45, 7) is 1.62. The molecule has 1 aromatic heterocycles. The standard InChI is InChI=1S/C12H9Cl3N2O2/c1-6-7(5-18)4-16-12(17-6)19-11-3-9(14)8(13)2-10(11)15/h2-4,18H,5H2,1H3. The highest BCUT2D eigenvalue weighted by Crippen LogP contribution is 2.35. The van der Waals surface area contributed by atoms with Crippen molar-refractivity contribution in [3.8, 4) is 11.8 Å². The van der Waals surface area contributed by atoms with Crippen molar-refractivity contribution in [3.05, 3.63) is 44.7 Å². The van der Waals surface area contributed by atoms with E-state index in [9.17, 15) is 0 Å². The predicted octanol–water partition coefficient (Wildman–Crippen LogP) is 4.03. The summed E-state index contributed by atoms with van der Waals surface area (Å²) in [4.78, 5) is 8.08. The van der Waals surface area contributed by atoms with Gasteiger partial charge in [-0.3, -0.25) is 0 Å². The molecule has 1 aromatic carbocycles. The molecule has 0 radical (unpaired) electrons. The van der Waals surface area contributed by atoms with Gasteiger partial charge >= 0.3 is 6.01 Å². The number of aliphatic hydroxyl groups is 1. The molecule has 0 unspecified atom stereocenters. The molecule has 0 aliphatic rings. The summed E-state index contributed by atoms with van der Waals surface area (Å²) in [5, 5.41) is 10.0. The number of nitrogens with zero attached hydrogens (tertiary/aromatic N) is 2. The molecule has 2 aromatic rings. The number of hydrogen-bond acceptors (Lipinski definition) is 4. The molecule has 0 bridgehead atoms. The van der Waals surface area contributed by atoms with E-state index in [4.69, 9.17) is 44.6 Å². The molecule has 4 nitrogen and oxygen atoms in total. The van der Waals surface area contributed by atoms with E-state index in [1.54, 1.807) is 6.92 Å². The Hall–Kier alpha value is -1.07. The van der Waals surface area contributed by atoms with Gasteiger partial charge in [0.15, 0.2) is 5.75 Å². The Morgan fingerprint density at radius 2 is 1.84 bits per heavy atom. The molecule has 0 spiro atoms. The van der Waals surface area contributed by atoms with Gasteiger partial charge in [0.1, 0.15) is 0 Å². The lowest BCUT2D eigenvalue weighted by Crippen LogP contribution is -1.98. The van der Waals surface area contributed by atoms with Crippen molar-refractivity contribution in [1.29, 1.82) is 0 Å². The van der Waals surface area contributed by atoms with Crippen molar-refractivity contribution < 1.29 is 9.84 Å². The van der Waals surface area contributed by atoms with E-state index in [-0.39, 0.29) is 12.6 Å². The van der Waals surface area contributed by atoms with E-state index in [0.29, 0.717) is 32.1 Å². The first-order chi connectivity index (χ1) is 9.01. The molecule has 1 heterocycles. The normalized spacial score (nSPS) is 10.6. The van der Waals surface area contributed by atoms with Crippen molar-refractivity contribution in [1.82, 2.24) is 9.97 Å². The van der Waals surface area contributed by atoms with Gasteiger partial charge in [-0.05, 0) is 13.0 Å². The molecule has 7 heteroatoms. The summed E-state index contributed by atoms with van der Waals surface area (Å²) in [5.41, 5.74) is 1.26. The molecule has 0 saturated heterocycles. The molecule has 0 aliphatic carbocycles. The van der Waals surface area contributed by atoms with Crippen LogP contribution in [0, 0.1) is 6.92 Å². The largest absolute Gasteiger partial charge is 0.423 e. The molecule has 0 amide bonds. The summed E-state index contributed by atoms with van der Waals surface area (Å²) < 4.78 is 5.45. The number of rotatable bonds is 3. The highest BCUT2D eigenvalue weighted by atomic mass is 35.5. The van der Waals surface area contributed by atoms with E-state index in [1.807, 2.05) is 0 Å². The van der Waals surface area contributed by atoms with Gasteiger partial charge in [0.2, 0.25) is 0 Å². The van der Waals surface area contributed by atoms with E-state index in [1.165, 1.54) is 18.3 Å². The number of ether oxygens (including phenoxy) is 1. The van der Waals surface area contributed by atoms with Gasteiger partial charge < -0.3 is 9.84 Å². The molecule has 0 atom stereocenters. The Balaban J connectivity index is 2.31. The maximum Gasteiger partial charge on any atom is 0.322 e. The number of halogens is 3. The van der Waals surface area contributed by atoms with Crippen molar-refractivity contribution in [2.24, 2.45) is 0 Å². The lowest BCUT2D eigenvalue weighted by atomic mass is 10.3. The van der Waals surface area contributed by atoms with Crippen LogP contribution in [0.4, 0.5) is 0 Å². The minimum atomic E-state index is -0.125. The average molecular weight is 320 g/mol. The van der Waals surface area contributed by atoms with Gasteiger partial charge in [-0.15, -0.1) is 0 Å². The molecular formula is C12H9Cl3N2O2. The van der Waals surface area contributed by atoms with E-state index >= 15 is 0 Å².